The number of aryl methyl sites for hydroxylation is 2. The van der Waals surface area contributed by atoms with Gasteiger partial charge in [0.05, 0.1) is 10.9 Å². The van der Waals surface area contributed by atoms with Crippen molar-refractivity contribution >= 4 is 15.8 Å². The van der Waals surface area contributed by atoms with Gasteiger partial charge in [-0.25, -0.2) is 17.2 Å². The molecule has 1 unspecified atom stereocenters. The van der Waals surface area contributed by atoms with Gasteiger partial charge in [0.2, 0.25) is 15.6 Å². The molecule has 170 valence electrons. The summed E-state index contributed by atoms with van der Waals surface area (Å²) in [4.78, 5) is 20.0. The average molecular weight is 464 g/mol. The third-order valence-electron chi connectivity index (χ3n) is 4.83. The smallest absolute Gasteiger partial charge is 0.324 e. The molecule has 2 heterocycles. The molecule has 1 N–H and O–H groups in total. The number of ether oxygens (including phenoxy) is 1. The SMILES string of the molecule is CCC(C)S(=O)(=O)Nc1cc(-c2ccc(=O)n(C)c2)nc(Oc2c(C)cc(F)cc2F)n1. The van der Waals surface area contributed by atoms with Crippen LogP contribution in [0.3, 0.4) is 0 Å². The molecule has 0 aliphatic rings. The van der Waals surface area contributed by atoms with Crippen molar-refractivity contribution in [3.63, 3.8) is 0 Å². The molecule has 8 nitrogen and oxygen atoms in total. The largest absolute Gasteiger partial charge is 0.421 e. The maximum absolute atomic E-state index is 14.3. The number of nitrogens with zero attached hydrogens (tertiary/aromatic N) is 3. The first kappa shape index (κ1) is 23.3. The number of halogens is 2. The fourth-order valence-electron chi connectivity index (χ4n) is 2.79. The fraction of sp³-hybridized carbons (Fsp3) is 0.286. The van der Waals surface area contributed by atoms with Crippen molar-refractivity contribution in [3.05, 3.63) is 64.1 Å². The summed E-state index contributed by atoms with van der Waals surface area (Å²) in [7, 11) is -2.21. The number of aromatic nitrogens is 3. The minimum atomic E-state index is -3.76. The zero-order valence-electron chi connectivity index (χ0n) is 17.9. The van der Waals surface area contributed by atoms with E-state index < -0.39 is 26.9 Å². The van der Waals surface area contributed by atoms with Gasteiger partial charge in [0.25, 0.3) is 0 Å². The van der Waals surface area contributed by atoms with Crippen molar-refractivity contribution in [3.8, 4) is 23.0 Å². The standard InChI is InChI=1S/C21H22F2N4O4S/c1-5-13(3)32(29,30)26-18-10-17(14-6-7-19(28)27(4)11-14)24-21(25-18)31-20-12(2)8-15(22)9-16(20)23/h6-11,13H,5H2,1-4H3,(H,24,25,26). The summed E-state index contributed by atoms with van der Waals surface area (Å²) in [5.74, 6) is -2.12. The Labute approximate surface area is 184 Å². The molecule has 0 saturated carbocycles. The summed E-state index contributed by atoms with van der Waals surface area (Å²) in [6.45, 7) is 4.73. The van der Waals surface area contributed by atoms with Crippen molar-refractivity contribution in [2.75, 3.05) is 4.72 Å². The fourth-order valence-corrected chi connectivity index (χ4v) is 3.83. The topological polar surface area (TPSA) is 103 Å². The van der Waals surface area contributed by atoms with Gasteiger partial charge in [-0.2, -0.15) is 9.97 Å². The number of rotatable bonds is 7. The van der Waals surface area contributed by atoms with E-state index in [0.29, 0.717) is 18.1 Å². The summed E-state index contributed by atoms with van der Waals surface area (Å²) in [6, 6.07) is 5.59. The lowest BCUT2D eigenvalue weighted by molar-refractivity contribution is 0.405. The first-order chi connectivity index (χ1) is 15.0. The number of nitrogens with one attached hydrogen (secondary N) is 1. The lowest BCUT2D eigenvalue weighted by Gasteiger charge is -2.15. The Morgan fingerprint density at radius 3 is 2.53 bits per heavy atom. The average Bonchev–Trinajstić information content (AvgIpc) is 2.71. The molecule has 3 aromatic rings. The van der Waals surface area contributed by atoms with Crippen molar-refractivity contribution < 1.29 is 21.9 Å². The first-order valence-corrected chi connectivity index (χ1v) is 11.3. The van der Waals surface area contributed by atoms with Crippen LogP contribution in [-0.4, -0.2) is 28.2 Å². The van der Waals surface area contributed by atoms with Crippen molar-refractivity contribution in [2.45, 2.75) is 32.4 Å². The molecule has 0 saturated heterocycles. The normalized spacial score (nSPS) is 12.4. The number of hydrogen-bond acceptors (Lipinski definition) is 6. The van der Waals surface area contributed by atoms with Crippen LogP contribution in [0.25, 0.3) is 11.3 Å². The molecule has 11 heteroatoms. The van der Waals surface area contributed by atoms with Gasteiger partial charge in [-0.05, 0) is 38.0 Å². The summed E-state index contributed by atoms with van der Waals surface area (Å²) in [5.41, 5.74) is 0.619. The third kappa shape index (κ3) is 5.10. The molecule has 0 radical (unpaired) electrons. The second-order valence-corrected chi connectivity index (χ2v) is 9.39. The van der Waals surface area contributed by atoms with Gasteiger partial charge in [-0.3, -0.25) is 9.52 Å². The molecule has 3 rings (SSSR count). The van der Waals surface area contributed by atoms with Gasteiger partial charge in [0, 0.05) is 37.0 Å². The monoisotopic (exact) mass is 464 g/mol. The summed E-state index contributed by atoms with van der Waals surface area (Å²) < 4.78 is 62.0. The van der Waals surface area contributed by atoms with Gasteiger partial charge < -0.3 is 9.30 Å². The van der Waals surface area contributed by atoms with Crippen molar-refractivity contribution in [2.24, 2.45) is 7.05 Å². The van der Waals surface area contributed by atoms with Gasteiger partial charge in [-0.1, -0.05) is 6.92 Å². The van der Waals surface area contributed by atoms with E-state index in [-0.39, 0.29) is 34.4 Å². The number of benzene rings is 1. The number of sulfonamides is 1. The third-order valence-corrected chi connectivity index (χ3v) is 6.71. The Balaban J connectivity index is 2.12. The molecule has 0 fully saturated rings. The Hall–Kier alpha value is -3.34. The van der Waals surface area contributed by atoms with E-state index in [4.69, 9.17) is 4.74 Å². The van der Waals surface area contributed by atoms with Crippen LogP contribution in [0.2, 0.25) is 0 Å². The molecule has 1 aromatic carbocycles. The van der Waals surface area contributed by atoms with E-state index in [1.165, 1.54) is 35.9 Å². The summed E-state index contributed by atoms with van der Waals surface area (Å²) in [5, 5.41) is -0.695. The summed E-state index contributed by atoms with van der Waals surface area (Å²) >= 11 is 0. The highest BCUT2D eigenvalue weighted by molar-refractivity contribution is 7.93. The maximum Gasteiger partial charge on any atom is 0.324 e. The predicted octanol–water partition coefficient (Wildman–Crippen LogP) is 3.76. The van der Waals surface area contributed by atoms with E-state index in [1.807, 2.05) is 0 Å². The molecule has 2 aromatic heterocycles. The summed E-state index contributed by atoms with van der Waals surface area (Å²) in [6.07, 6.45) is 1.88. The number of hydrogen-bond donors (Lipinski definition) is 1. The van der Waals surface area contributed by atoms with Crippen LogP contribution in [-0.2, 0) is 17.1 Å². The molecule has 1 atom stereocenters. The van der Waals surface area contributed by atoms with Crippen molar-refractivity contribution in [1.29, 1.82) is 0 Å². The molecule has 32 heavy (non-hydrogen) atoms. The van der Waals surface area contributed by atoms with Crippen LogP contribution in [0.5, 0.6) is 11.8 Å². The van der Waals surface area contributed by atoms with Crippen LogP contribution in [0, 0.1) is 18.6 Å². The van der Waals surface area contributed by atoms with E-state index in [9.17, 15) is 22.0 Å². The molecule has 0 aliphatic heterocycles. The second kappa shape index (κ2) is 9.03. The molecular weight excluding hydrogens is 442 g/mol. The first-order valence-electron chi connectivity index (χ1n) is 9.71. The minimum Gasteiger partial charge on any atom is -0.421 e. The van der Waals surface area contributed by atoms with Crippen LogP contribution in [0.1, 0.15) is 25.8 Å². The van der Waals surface area contributed by atoms with Gasteiger partial charge in [0.15, 0.2) is 11.6 Å². The molecule has 0 bridgehead atoms. The molecule has 0 aliphatic carbocycles. The van der Waals surface area contributed by atoms with Crippen LogP contribution >= 0.6 is 0 Å². The Morgan fingerprint density at radius 1 is 1.19 bits per heavy atom. The van der Waals surface area contributed by atoms with Crippen molar-refractivity contribution in [1.82, 2.24) is 14.5 Å². The van der Waals surface area contributed by atoms with Crippen LogP contribution in [0.4, 0.5) is 14.6 Å². The zero-order valence-corrected chi connectivity index (χ0v) is 18.7. The number of pyridine rings is 1. The molecule has 0 spiro atoms. The van der Waals surface area contributed by atoms with Gasteiger partial charge in [0.1, 0.15) is 11.6 Å². The van der Waals surface area contributed by atoms with E-state index >= 15 is 0 Å². The van der Waals surface area contributed by atoms with Gasteiger partial charge in [-0.15, -0.1) is 0 Å². The quantitative estimate of drug-likeness (QED) is 0.571. The Bertz CT molecular complexity index is 1300. The van der Waals surface area contributed by atoms with E-state index in [0.717, 1.165) is 6.07 Å². The molecular formula is C21H22F2N4O4S. The van der Waals surface area contributed by atoms with Gasteiger partial charge >= 0.3 is 6.01 Å². The lowest BCUT2D eigenvalue weighted by atomic mass is 10.2. The van der Waals surface area contributed by atoms with E-state index in [2.05, 4.69) is 14.7 Å². The highest BCUT2D eigenvalue weighted by atomic mass is 32.2. The zero-order chi connectivity index (χ0) is 23.6. The van der Waals surface area contributed by atoms with E-state index in [1.54, 1.807) is 20.9 Å². The number of anilines is 1. The highest BCUT2D eigenvalue weighted by Crippen LogP contribution is 2.30. The Morgan fingerprint density at radius 2 is 1.91 bits per heavy atom. The van der Waals surface area contributed by atoms with Crippen LogP contribution in [0.15, 0.2) is 41.3 Å². The predicted molar refractivity (Wildman–Crippen MR) is 116 cm³/mol. The lowest BCUT2D eigenvalue weighted by Crippen LogP contribution is -2.25. The molecule has 0 amide bonds. The maximum atomic E-state index is 14.3. The highest BCUT2D eigenvalue weighted by Gasteiger charge is 2.21. The minimum absolute atomic E-state index is 0.0978. The Kier molecular flexibility index (Phi) is 6.58. The second-order valence-electron chi connectivity index (χ2n) is 7.29. The van der Waals surface area contributed by atoms with Crippen LogP contribution < -0.4 is 15.0 Å².